The molecule has 2 aliphatic rings. The lowest BCUT2D eigenvalue weighted by molar-refractivity contribution is -0.244. The molecule has 4 aromatic carbocycles. The zero-order valence-electron chi connectivity index (χ0n) is 24.0. The van der Waals surface area contributed by atoms with Gasteiger partial charge in [0.15, 0.2) is 25.1 Å². The van der Waals surface area contributed by atoms with E-state index in [1.165, 1.54) is 0 Å². The number of nitrogens with zero attached hydrogens (tertiary/aromatic N) is 1. The Labute approximate surface area is 259 Å². The normalized spacial score (nSPS) is 23.5. The van der Waals surface area contributed by atoms with Crippen molar-refractivity contribution in [3.8, 4) is 0 Å². The fourth-order valence-corrected chi connectivity index (χ4v) is 9.08. The van der Waals surface area contributed by atoms with Gasteiger partial charge in [0.05, 0.1) is 0 Å². The SMILES string of the molecule is CC1(C)O[C@@H]2[C@@H](O1)C(c1ccccc1)(c1ccccc1)O[P+]([O-])([N-]S(=O)(=O)C(F)(F)F)OC2(c1ccccc1)c1ccccc1. The van der Waals surface area contributed by atoms with Crippen LogP contribution in [0.3, 0.4) is 0 Å². The number of sulfonamides is 1. The van der Waals surface area contributed by atoms with Crippen molar-refractivity contribution < 1.29 is 45.0 Å². The van der Waals surface area contributed by atoms with Gasteiger partial charge in [0, 0.05) is 0 Å². The lowest BCUT2D eigenvalue weighted by Gasteiger charge is -2.46. The quantitative estimate of drug-likeness (QED) is 0.212. The minimum absolute atomic E-state index is 0.285. The van der Waals surface area contributed by atoms with E-state index in [1.807, 2.05) is 0 Å². The molecule has 2 heterocycles. The van der Waals surface area contributed by atoms with E-state index in [2.05, 4.69) is 4.49 Å². The lowest BCUT2D eigenvalue weighted by Crippen LogP contribution is -2.53. The second kappa shape index (κ2) is 11.3. The van der Waals surface area contributed by atoms with Crippen molar-refractivity contribution in [2.24, 2.45) is 0 Å². The van der Waals surface area contributed by atoms with Gasteiger partial charge >= 0.3 is 5.51 Å². The number of fused-ring (bicyclic) bond motifs is 1. The lowest BCUT2D eigenvalue weighted by atomic mass is 9.72. The van der Waals surface area contributed by atoms with Gasteiger partial charge in [-0.25, -0.2) is 17.5 Å². The van der Waals surface area contributed by atoms with E-state index in [1.54, 1.807) is 135 Å². The van der Waals surface area contributed by atoms with Crippen molar-refractivity contribution >= 4 is 18.1 Å². The molecule has 6 rings (SSSR count). The van der Waals surface area contributed by atoms with Gasteiger partial charge in [-0.05, 0) is 36.1 Å². The van der Waals surface area contributed by atoms with Crippen molar-refractivity contribution in [1.29, 1.82) is 0 Å². The standard InChI is InChI=1S/C32H28F3NO7PS/c1-29(2)40-27-28(41-29)31(25-19-11-5-12-20-25,26-21-13-6-14-22-26)43-44(37,36-45(38,39)32(33,34)35)42-30(27,23-15-7-3-8-16-23)24-17-9-4-10-18-24/h3-22,27-28H,1-2H3/q-1/t27-,28-/m1/s1. The predicted molar refractivity (Wildman–Crippen MR) is 159 cm³/mol. The Morgan fingerprint density at radius 2 is 0.933 bits per heavy atom. The number of halogens is 3. The second-order valence-corrected chi connectivity index (χ2v) is 14.4. The summed E-state index contributed by atoms with van der Waals surface area (Å²) in [5, 5.41) is 0. The minimum Gasteiger partial charge on any atom is -0.642 e. The first-order valence-corrected chi connectivity index (χ1v) is 16.8. The van der Waals surface area contributed by atoms with E-state index in [9.17, 15) is 21.6 Å². The summed E-state index contributed by atoms with van der Waals surface area (Å²) in [5.41, 5.74) is -8.89. The average Bonchev–Trinajstić information content (AvgIpc) is 3.31. The zero-order chi connectivity index (χ0) is 32.1. The maximum absolute atomic E-state index is 15.0. The molecule has 0 spiro atoms. The molecule has 2 saturated heterocycles. The number of ether oxygens (including phenoxy) is 2. The Morgan fingerprint density at radius 1 is 0.644 bits per heavy atom. The van der Waals surface area contributed by atoms with Crippen LogP contribution in [0.5, 0.6) is 0 Å². The van der Waals surface area contributed by atoms with Gasteiger partial charge in [-0.15, -0.1) is 0 Å². The van der Waals surface area contributed by atoms with Gasteiger partial charge in [0.2, 0.25) is 10.0 Å². The van der Waals surface area contributed by atoms with Crippen LogP contribution in [-0.4, -0.2) is 31.9 Å². The number of hydrogen-bond donors (Lipinski definition) is 0. The molecule has 45 heavy (non-hydrogen) atoms. The number of hydrogen-bond acceptors (Lipinski definition) is 7. The first-order chi connectivity index (χ1) is 21.2. The van der Waals surface area contributed by atoms with E-state index in [0.29, 0.717) is 0 Å². The van der Waals surface area contributed by atoms with E-state index in [-0.39, 0.29) is 22.3 Å². The van der Waals surface area contributed by atoms with Crippen LogP contribution < -0.4 is 4.89 Å². The second-order valence-electron chi connectivity index (χ2n) is 11.1. The first-order valence-electron chi connectivity index (χ1n) is 13.9. The highest BCUT2D eigenvalue weighted by Crippen LogP contribution is 2.74. The molecular formula is C32H28F3NO7PS-. The molecule has 236 valence electrons. The zero-order valence-corrected chi connectivity index (χ0v) is 25.7. The molecule has 0 amide bonds. The van der Waals surface area contributed by atoms with Crippen molar-refractivity contribution in [1.82, 2.24) is 0 Å². The average molecular weight is 659 g/mol. The Kier molecular flexibility index (Phi) is 7.95. The van der Waals surface area contributed by atoms with Gasteiger partial charge in [-0.2, -0.15) is 13.2 Å². The molecule has 2 atom stereocenters. The van der Waals surface area contributed by atoms with Crippen molar-refractivity contribution in [2.45, 2.75) is 48.6 Å². The Balaban J connectivity index is 1.75. The van der Waals surface area contributed by atoms with Gasteiger partial charge in [0.1, 0.15) is 12.2 Å². The largest absolute Gasteiger partial charge is 0.642 e. The number of benzene rings is 4. The summed E-state index contributed by atoms with van der Waals surface area (Å²) >= 11 is 0. The molecule has 0 saturated carbocycles. The van der Waals surface area contributed by atoms with Crippen molar-refractivity contribution in [3.05, 3.63) is 148 Å². The fourth-order valence-electron chi connectivity index (χ4n) is 6.00. The molecule has 2 fully saturated rings. The van der Waals surface area contributed by atoms with Crippen LogP contribution in [0.15, 0.2) is 121 Å². The summed E-state index contributed by atoms with van der Waals surface area (Å²) < 4.78 is 95.7. The summed E-state index contributed by atoms with van der Waals surface area (Å²) in [6.45, 7) is 3.31. The van der Waals surface area contributed by atoms with Gasteiger partial charge in [0.25, 0.3) is 0 Å². The molecular weight excluding hydrogens is 630 g/mol. The van der Waals surface area contributed by atoms with E-state index >= 15 is 4.89 Å². The summed E-state index contributed by atoms with van der Waals surface area (Å²) in [4.78, 5) is 15.0. The molecule has 8 nitrogen and oxygen atoms in total. The molecule has 0 aliphatic carbocycles. The van der Waals surface area contributed by atoms with E-state index < -0.39 is 52.8 Å². The molecule has 0 N–H and O–H groups in total. The van der Waals surface area contributed by atoms with Crippen LogP contribution in [-0.2, 0) is 39.7 Å². The van der Waals surface area contributed by atoms with Gasteiger partial charge < -0.3 is 18.9 Å². The highest BCUT2D eigenvalue weighted by Gasteiger charge is 2.70. The third-order valence-electron chi connectivity index (χ3n) is 7.73. The topological polar surface area (TPSA) is 108 Å². The van der Waals surface area contributed by atoms with E-state index in [0.717, 1.165) is 0 Å². The van der Waals surface area contributed by atoms with Gasteiger partial charge in [-0.1, -0.05) is 121 Å². The highest BCUT2D eigenvalue weighted by atomic mass is 32.2. The number of alkyl halides is 3. The Morgan fingerprint density at radius 3 is 1.20 bits per heavy atom. The van der Waals surface area contributed by atoms with Crippen LogP contribution in [0.1, 0.15) is 36.1 Å². The molecule has 2 aliphatic heterocycles. The van der Waals surface area contributed by atoms with Gasteiger partial charge in [-0.3, -0.25) is 0 Å². The van der Waals surface area contributed by atoms with Crippen LogP contribution >= 0.6 is 8.09 Å². The van der Waals surface area contributed by atoms with Crippen LogP contribution in [0.25, 0.3) is 4.49 Å². The predicted octanol–water partition coefficient (Wildman–Crippen LogP) is 6.70. The van der Waals surface area contributed by atoms with Crippen LogP contribution in [0, 0.1) is 0 Å². The molecule has 13 heteroatoms. The molecule has 0 unspecified atom stereocenters. The minimum atomic E-state index is -6.42. The first kappa shape index (κ1) is 31.8. The fraction of sp³-hybridized carbons (Fsp3) is 0.250. The Hall–Kier alpha value is -3.19. The molecule has 4 aromatic rings. The third-order valence-corrected chi connectivity index (χ3v) is 11.0. The molecule has 0 radical (unpaired) electrons. The maximum Gasteiger partial charge on any atom is 0.482 e. The Bertz CT molecular complexity index is 1560. The van der Waals surface area contributed by atoms with Crippen LogP contribution in [0.4, 0.5) is 13.2 Å². The van der Waals surface area contributed by atoms with E-state index in [4.69, 9.17) is 18.5 Å². The molecule has 0 aromatic heterocycles. The molecule has 0 bridgehead atoms. The summed E-state index contributed by atoms with van der Waals surface area (Å²) in [6.07, 6.45) is -2.59. The van der Waals surface area contributed by atoms with Crippen LogP contribution in [0.2, 0.25) is 0 Å². The number of rotatable bonds is 6. The van der Waals surface area contributed by atoms with Crippen molar-refractivity contribution in [2.75, 3.05) is 0 Å². The highest BCUT2D eigenvalue weighted by molar-refractivity contribution is 8.02. The van der Waals surface area contributed by atoms with Crippen molar-refractivity contribution in [3.63, 3.8) is 0 Å². The smallest absolute Gasteiger partial charge is 0.482 e. The summed E-state index contributed by atoms with van der Waals surface area (Å²) in [5.74, 6) is -1.33. The maximum atomic E-state index is 15.0. The summed E-state index contributed by atoms with van der Waals surface area (Å²) in [6, 6.07) is 32.9. The third kappa shape index (κ3) is 5.49. The summed E-state index contributed by atoms with van der Waals surface area (Å²) in [7, 11) is -12.1. The monoisotopic (exact) mass is 658 g/mol.